The number of nitrogens with one attached hydrogen (secondary N) is 1. The van der Waals surface area contributed by atoms with Gasteiger partial charge in [-0.15, -0.1) is 11.8 Å². The summed E-state index contributed by atoms with van der Waals surface area (Å²) >= 11 is 1.41. The summed E-state index contributed by atoms with van der Waals surface area (Å²) in [4.78, 5) is 37.2. The van der Waals surface area contributed by atoms with Crippen molar-refractivity contribution in [2.45, 2.75) is 36.1 Å². The number of benzene rings is 1. The van der Waals surface area contributed by atoms with Gasteiger partial charge in [0, 0.05) is 39.9 Å². The first-order valence-electron chi connectivity index (χ1n) is 6.91. The molecule has 0 aliphatic carbocycles. The summed E-state index contributed by atoms with van der Waals surface area (Å²) in [7, 11) is 0. The normalized spacial score (nSPS) is 27.5. The van der Waals surface area contributed by atoms with Gasteiger partial charge >= 0.3 is 5.97 Å². The minimum atomic E-state index is -1.01. The van der Waals surface area contributed by atoms with Gasteiger partial charge in [0.2, 0.25) is 5.91 Å². The van der Waals surface area contributed by atoms with Crippen molar-refractivity contribution in [3.8, 4) is 0 Å². The largest absolute Gasteiger partial charge is 0.480 e. The van der Waals surface area contributed by atoms with Crippen LogP contribution >= 0.6 is 11.8 Å². The molecule has 2 fully saturated rings. The second-order valence-corrected chi connectivity index (χ2v) is 7.69. The number of β-lactam (4-membered cyclic amide) rings is 1. The molecule has 1 aromatic carbocycles. The number of carboxylic acids is 1. The molecule has 0 aromatic heterocycles. The summed E-state index contributed by atoms with van der Waals surface area (Å²) in [6.45, 7) is 3.61. The summed E-state index contributed by atoms with van der Waals surface area (Å²) in [5.74, 6) is -1.67. The van der Waals surface area contributed by atoms with Crippen LogP contribution in [-0.2, 0) is 9.59 Å². The van der Waals surface area contributed by atoms with Crippen molar-refractivity contribution in [1.29, 1.82) is 0 Å². The fourth-order valence-corrected chi connectivity index (χ4v) is 4.58. The van der Waals surface area contributed by atoms with E-state index in [0.29, 0.717) is 5.56 Å². The van der Waals surface area contributed by atoms with Crippen molar-refractivity contribution in [2.24, 2.45) is 0 Å². The predicted molar refractivity (Wildman–Crippen MR) is 87.2 cm³/mol. The van der Waals surface area contributed by atoms with Crippen LogP contribution in [0.25, 0.3) is 0 Å². The standard InChI is InChI=1S/C15H16N2O4S.Na/c1-15(2)10(14(20)21)17-12(19)9(13(17)22-15)16-11(18)8-6-4-3-5-7-8;/h3-7,9-10,13H,1-2H3,(H,16,18)(H,20,21);/t9-,10+,13-;/m1./s1. The zero-order chi connectivity index (χ0) is 16.1. The van der Waals surface area contributed by atoms with Crippen LogP contribution in [0, 0.1) is 0 Å². The molecule has 2 heterocycles. The average Bonchev–Trinajstić information content (AvgIpc) is 2.74. The fourth-order valence-electron chi connectivity index (χ4n) is 2.96. The van der Waals surface area contributed by atoms with Crippen LogP contribution in [-0.4, -0.2) is 79.6 Å². The Morgan fingerprint density at radius 1 is 1.26 bits per heavy atom. The predicted octanol–water partition coefficient (Wildman–Crippen LogP) is 0.551. The van der Waals surface area contributed by atoms with E-state index < -0.39 is 22.8 Å². The molecule has 2 aliphatic rings. The Kier molecular flexibility index (Phi) is 5.15. The minimum absolute atomic E-state index is 0. The molecule has 2 N–H and O–H groups in total. The summed E-state index contributed by atoms with van der Waals surface area (Å²) in [6, 6.07) is 7.11. The number of amides is 2. The molecule has 0 spiro atoms. The molecule has 0 saturated carbocycles. The number of hydrogen-bond acceptors (Lipinski definition) is 4. The van der Waals surface area contributed by atoms with Crippen LogP contribution in [0.15, 0.2) is 30.3 Å². The van der Waals surface area contributed by atoms with E-state index in [0.717, 1.165) is 0 Å². The average molecular weight is 343 g/mol. The third-order valence-electron chi connectivity index (χ3n) is 4.00. The summed E-state index contributed by atoms with van der Waals surface area (Å²) < 4.78 is -0.585. The Hall–Kier alpha value is -1.02. The molecule has 0 bridgehead atoms. The van der Waals surface area contributed by atoms with E-state index >= 15 is 0 Å². The molecule has 8 heteroatoms. The Morgan fingerprint density at radius 3 is 2.43 bits per heavy atom. The van der Waals surface area contributed by atoms with Gasteiger partial charge in [-0.1, -0.05) is 18.2 Å². The minimum Gasteiger partial charge on any atom is -0.480 e. The summed E-state index contributed by atoms with van der Waals surface area (Å²) in [6.07, 6.45) is 0. The van der Waals surface area contributed by atoms with Gasteiger partial charge in [-0.2, -0.15) is 0 Å². The molecule has 117 valence electrons. The van der Waals surface area contributed by atoms with Gasteiger partial charge in [-0.25, -0.2) is 4.79 Å². The van der Waals surface area contributed by atoms with E-state index in [1.807, 2.05) is 0 Å². The van der Waals surface area contributed by atoms with E-state index in [-0.39, 0.29) is 46.7 Å². The maximum Gasteiger partial charge on any atom is 0.327 e. The van der Waals surface area contributed by atoms with Crippen molar-refractivity contribution in [2.75, 3.05) is 0 Å². The molecule has 3 rings (SSSR count). The second kappa shape index (κ2) is 6.47. The van der Waals surface area contributed by atoms with Crippen molar-refractivity contribution in [3.63, 3.8) is 0 Å². The molecule has 3 atom stereocenters. The van der Waals surface area contributed by atoms with Crippen LogP contribution in [0.2, 0.25) is 0 Å². The molecule has 2 saturated heterocycles. The number of carbonyl (C=O) groups excluding carboxylic acids is 2. The van der Waals surface area contributed by atoms with Crippen molar-refractivity contribution < 1.29 is 19.5 Å². The number of fused-ring (bicyclic) bond motifs is 1. The number of hydrogen-bond donors (Lipinski definition) is 2. The Labute approximate surface area is 160 Å². The van der Waals surface area contributed by atoms with Gasteiger partial charge < -0.3 is 15.3 Å². The van der Waals surface area contributed by atoms with Crippen LogP contribution in [0.5, 0.6) is 0 Å². The molecule has 2 amide bonds. The zero-order valence-electron chi connectivity index (χ0n) is 13.1. The van der Waals surface area contributed by atoms with E-state index in [9.17, 15) is 19.5 Å². The number of carboxylic acid groups (broad SMARTS) is 1. The third kappa shape index (κ3) is 3.03. The smallest absolute Gasteiger partial charge is 0.327 e. The van der Waals surface area contributed by atoms with E-state index in [1.165, 1.54) is 16.7 Å². The molecule has 2 aliphatic heterocycles. The van der Waals surface area contributed by atoms with Crippen molar-refractivity contribution >= 4 is 59.1 Å². The Balaban J connectivity index is 0.00000192. The van der Waals surface area contributed by atoms with Crippen molar-refractivity contribution in [1.82, 2.24) is 10.2 Å². The first kappa shape index (κ1) is 18.3. The van der Waals surface area contributed by atoms with Crippen LogP contribution < -0.4 is 5.32 Å². The van der Waals surface area contributed by atoms with E-state index in [2.05, 4.69) is 5.32 Å². The first-order chi connectivity index (χ1) is 10.3. The Morgan fingerprint density at radius 2 is 1.87 bits per heavy atom. The van der Waals surface area contributed by atoms with Gasteiger partial charge in [-0.05, 0) is 26.0 Å². The van der Waals surface area contributed by atoms with Crippen LogP contribution in [0.4, 0.5) is 0 Å². The Bertz CT molecular complexity index is 652. The topological polar surface area (TPSA) is 86.7 Å². The number of aliphatic carboxylic acids is 1. The summed E-state index contributed by atoms with van der Waals surface area (Å²) in [5, 5.41) is 11.7. The van der Waals surface area contributed by atoms with Crippen molar-refractivity contribution in [3.05, 3.63) is 35.9 Å². The number of rotatable bonds is 3. The quantitative estimate of drug-likeness (QED) is 0.618. The van der Waals surface area contributed by atoms with Gasteiger partial charge in [0.15, 0.2) is 0 Å². The monoisotopic (exact) mass is 343 g/mol. The molecular weight excluding hydrogens is 327 g/mol. The maximum atomic E-state index is 12.2. The van der Waals surface area contributed by atoms with Gasteiger partial charge in [0.05, 0.1) is 0 Å². The molecular formula is C15H16N2NaO4S. The third-order valence-corrected chi connectivity index (χ3v) is 5.57. The molecule has 23 heavy (non-hydrogen) atoms. The SMILES string of the molecule is CC1(C)S[C@@H]2[C@H](NC(=O)c3ccccc3)C(=O)N2[C@H]1C(=O)O.[Na]. The number of nitrogens with zero attached hydrogens (tertiary/aromatic N) is 1. The second-order valence-electron chi connectivity index (χ2n) is 5.92. The molecule has 1 radical (unpaired) electrons. The molecule has 1 aromatic rings. The number of thioether (sulfide) groups is 1. The first-order valence-corrected chi connectivity index (χ1v) is 7.79. The molecule has 0 unspecified atom stereocenters. The summed E-state index contributed by atoms with van der Waals surface area (Å²) in [5.41, 5.74) is 0.478. The van der Waals surface area contributed by atoms with E-state index in [4.69, 9.17) is 0 Å². The van der Waals surface area contributed by atoms with Gasteiger partial charge in [0.1, 0.15) is 17.5 Å². The van der Waals surface area contributed by atoms with Gasteiger partial charge in [0.25, 0.3) is 5.91 Å². The van der Waals surface area contributed by atoms with Crippen LogP contribution in [0.1, 0.15) is 24.2 Å². The van der Waals surface area contributed by atoms with Crippen LogP contribution in [0.3, 0.4) is 0 Å². The maximum absolute atomic E-state index is 12.2. The molecule has 6 nitrogen and oxygen atoms in total. The fraction of sp³-hybridized carbons (Fsp3) is 0.400. The zero-order valence-corrected chi connectivity index (χ0v) is 16.0. The van der Waals surface area contributed by atoms with E-state index in [1.54, 1.807) is 44.2 Å². The van der Waals surface area contributed by atoms with Gasteiger partial charge in [-0.3, -0.25) is 9.59 Å². The number of carbonyl (C=O) groups is 3.